The van der Waals surface area contributed by atoms with Gasteiger partial charge in [0, 0.05) is 0 Å². The zero-order chi connectivity index (χ0) is 16.0. The highest BCUT2D eigenvalue weighted by atomic mass is 16.8. The van der Waals surface area contributed by atoms with Gasteiger partial charge in [-0.3, -0.25) is 0 Å². The first-order valence-electron chi connectivity index (χ1n) is 7.03. The van der Waals surface area contributed by atoms with E-state index >= 15 is 0 Å². The van der Waals surface area contributed by atoms with Crippen molar-refractivity contribution in [2.45, 2.75) is 61.4 Å². The van der Waals surface area contributed by atoms with Crippen LogP contribution in [0.1, 0.15) is 0 Å². The number of rotatable bonds is 3. The van der Waals surface area contributed by atoms with Gasteiger partial charge in [-0.05, 0) is 0 Å². The highest BCUT2D eigenvalue weighted by Crippen LogP contribution is 2.32. The molecule has 3 aliphatic rings. The van der Waals surface area contributed by atoms with Gasteiger partial charge < -0.3 is 49.6 Å². The smallest absolute Gasteiger partial charge is 0.187 e. The molecule has 3 rings (SSSR count). The van der Waals surface area contributed by atoms with E-state index in [-0.39, 0.29) is 6.61 Å². The van der Waals surface area contributed by atoms with Crippen molar-refractivity contribution >= 4 is 0 Å². The van der Waals surface area contributed by atoms with Crippen LogP contribution in [0.15, 0.2) is 0 Å². The van der Waals surface area contributed by atoms with Crippen LogP contribution in [0.4, 0.5) is 0 Å². The predicted molar refractivity (Wildman–Crippen MR) is 65.3 cm³/mol. The second-order valence-electron chi connectivity index (χ2n) is 5.66. The lowest BCUT2D eigenvalue weighted by Crippen LogP contribution is -2.62. The Kier molecular flexibility index (Phi) is 4.67. The lowest BCUT2D eigenvalue weighted by molar-refractivity contribution is -0.337. The Morgan fingerprint density at radius 3 is 2.27 bits per heavy atom. The summed E-state index contributed by atoms with van der Waals surface area (Å²) in [7, 11) is 0. The fourth-order valence-electron chi connectivity index (χ4n) is 2.87. The Bertz CT molecular complexity index is 392. The fourth-order valence-corrected chi connectivity index (χ4v) is 2.87. The van der Waals surface area contributed by atoms with Gasteiger partial charge in [-0.2, -0.15) is 0 Å². The van der Waals surface area contributed by atoms with E-state index in [9.17, 15) is 25.5 Å². The molecule has 3 aliphatic heterocycles. The van der Waals surface area contributed by atoms with E-state index in [1.54, 1.807) is 0 Å². The quantitative estimate of drug-likeness (QED) is 0.299. The monoisotopic (exact) mass is 324 g/mol. The number of aliphatic hydroxyl groups excluding tert-OH is 6. The summed E-state index contributed by atoms with van der Waals surface area (Å²) in [6, 6.07) is 0. The van der Waals surface area contributed by atoms with Crippen molar-refractivity contribution in [3.63, 3.8) is 0 Å². The summed E-state index contributed by atoms with van der Waals surface area (Å²) in [5.74, 6) is 0. The average Bonchev–Trinajstić information content (AvgIpc) is 2.96. The van der Waals surface area contributed by atoms with Crippen molar-refractivity contribution in [2.75, 3.05) is 13.2 Å². The first-order valence-corrected chi connectivity index (χ1v) is 7.03. The zero-order valence-electron chi connectivity index (χ0n) is 11.5. The molecule has 3 heterocycles. The molecule has 6 N–H and O–H groups in total. The molecule has 0 aliphatic carbocycles. The molecule has 0 radical (unpaired) electrons. The minimum Gasteiger partial charge on any atom is -0.394 e. The number of aliphatic hydroxyl groups is 6. The summed E-state index contributed by atoms with van der Waals surface area (Å²) in [4.78, 5) is 0. The molecule has 128 valence electrons. The first kappa shape index (κ1) is 16.5. The Morgan fingerprint density at radius 1 is 0.864 bits per heavy atom. The van der Waals surface area contributed by atoms with Gasteiger partial charge in [-0.1, -0.05) is 0 Å². The van der Waals surface area contributed by atoms with Crippen LogP contribution in [-0.2, 0) is 18.9 Å². The highest BCUT2D eigenvalue weighted by Gasteiger charge is 2.53. The van der Waals surface area contributed by atoms with Crippen molar-refractivity contribution in [3.05, 3.63) is 0 Å². The van der Waals surface area contributed by atoms with E-state index < -0.39 is 68.0 Å². The third-order valence-electron chi connectivity index (χ3n) is 4.21. The summed E-state index contributed by atoms with van der Waals surface area (Å²) in [5, 5.41) is 58.3. The lowest BCUT2D eigenvalue weighted by Gasteiger charge is -2.43. The van der Waals surface area contributed by atoms with Crippen LogP contribution in [0.25, 0.3) is 0 Å². The minimum absolute atomic E-state index is 0.0842. The molecule has 22 heavy (non-hydrogen) atoms. The highest BCUT2D eigenvalue weighted by molar-refractivity contribution is 4.96. The fraction of sp³-hybridized carbons (Fsp3) is 1.00. The Labute approximate surface area is 125 Å². The van der Waals surface area contributed by atoms with Crippen molar-refractivity contribution < 1.29 is 49.6 Å². The summed E-state index contributed by atoms with van der Waals surface area (Å²) in [5.41, 5.74) is 0. The zero-order valence-corrected chi connectivity index (χ0v) is 11.5. The molecule has 0 saturated carbocycles. The van der Waals surface area contributed by atoms with Crippen LogP contribution in [-0.4, -0.2) is 105 Å². The van der Waals surface area contributed by atoms with Crippen molar-refractivity contribution in [2.24, 2.45) is 0 Å². The second kappa shape index (κ2) is 6.24. The van der Waals surface area contributed by atoms with E-state index in [0.717, 1.165) is 0 Å². The summed E-state index contributed by atoms with van der Waals surface area (Å²) >= 11 is 0. The van der Waals surface area contributed by atoms with Gasteiger partial charge in [0.1, 0.15) is 48.8 Å². The van der Waals surface area contributed by atoms with Crippen molar-refractivity contribution in [1.29, 1.82) is 0 Å². The predicted octanol–water partition coefficient (Wildman–Crippen LogP) is -4.35. The molecular formula is C12H20O10. The van der Waals surface area contributed by atoms with E-state index in [4.69, 9.17) is 24.1 Å². The van der Waals surface area contributed by atoms with Gasteiger partial charge in [0.05, 0.1) is 13.2 Å². The molecule has 0 unspecified atom stereocenters. The number of ether oxygens (including phenoxy) is 4. The number of hydrogen-bond acceptors (Lipinski definition) is 10. The molecule has 0 aromatic carbocycles. The standard InChI is InChI=1S/C12H20O10/c13-1-3-5(14)6(15)8(17)12(20-3)22-10-4-2-19-11(21-4)9(18)7(10)16/h3-18H,1-2H2/t3-,4-,5+,6-,7+,8+,9+,10+,11+,12-/m0/s1. The van der Waals surface area contributed by atoms with Gasteiger partial charge >= 0.3 is 0 Å². The van der Waals surface area contributed by atoms with Gasteiger partial charge in [0.2, 0.25) is 0 Å². The molecule has 0 spiro atoms. The largest absolute Gasteiger partial charge is 0.394 e. The van der Waals surface area contributed by atoms with Gasteiger partial charge in [0.15, 0.2) is 12.6 Å². The molecule has 10 heteroatoms. The molecule has 2 bridgehead atoms. The third-order valence-corrected chi connectivity index (χ3v) is 4.21. The maximum absolute atomic E-state index is 10.0. The van der Waals surface area contributed by atoms with Crippen LogP contribution in [0, 0.1) is 0 Å². The number of fused-ring (bicyclic) bond motifs is 2. The van der Waals surface area contributed by atoms with E-state index in [2.05, 4.69) is 0 Å². The van der Waals surface area contributed by atoms with Gasteiger partial charge in [-0.25, -0.2) is 0 Å². The average molecular weight is 324 g/mol. The van der Waals surface area contributed by atoms with E-state index in [1.807, 2.05) is 0 Å². The van der Waals surface area contributed by atoms with Crippen LogP contribution >= 0.6 is 0 Å². The van der Waals surface area contributed by atoms with Crippen LogP contribution in [0.3, 0.4) is 0 Å². The number of hydrogen-bond donors (Lipinski definition) is 6. The second-order valence-corrected chi connectivity index (χ2v) is 5.66. The van der Waals surface area contributed by atoms with E-state index in [0.29, 0.717) is 0 Å². The summed E-state index contributed by atoms with van der Waals surface area (Å²) < 4.78 is 21.1. The van der Waals surface area contributed by atoms with Crippen molar-refractivity contribution in [1.82, 2.24) is 0 Å². The molecule has 10 nitrogen and oxygen atoms in total. The van der Waals surface area contributed by atoms with Gasteiger partial charge in [-0.15, -0.1) is 0 Å². The van der Waals surface area contributed by atoms with Gasteiger partial charge in [0.25, 0.3) is 0 Å². The Hall–Kier alpha value is -0.400. The first-order chi connectivity index (χ1) is 10.4. The molecule has 0 aromatic heterocycles. The molecule has 3 fully saturated rings. The third kappa shape index (κ3) is 2.65. The van der Waals surface area contributed by atoms with Crippen LogP contribution in [0.2, 0.25) is 0 Å². The normalized spacial score (nSPS) is 55.4. The summed E-state index contributed by atoms with van der Waals surface area (Å²) in [6.45, 7) is -0.507. The lowest BCUT2D eigenvalue weighted by atomic mass is 9.98. The molecule has 3 saturated heterocycles. The molecular weight excluding hydrogens is 304 g/mol. The minimum atomic E-state index is -1.60. The molecule has 0 amide bonds. The topological polar surface area (TPSA) is 158 Å². The van der Waals surface area contributed by atoms with E-state index in [1.165, 1.54) is 0 Å². The molecule has 10 atom stereocenters. The van der Waals surface area contributed by atoms with Crippen LogP contribution < -0.4 is 0 Å². The van der Waals surface area contributed by atoms with Crippen LogP contribution in [0.5, 0.6) is 0 Å². The summed E-state index contributed by atoms with van der Waals surface area (Å²) in [6.07, 6.45) is -12.5. The molecule has 0 aromatic rings. The maximum Gasteiger partial charge on any atom is 0.187 e. The Morgan fingerprint density at radius 2 is 1.59 bits per heavy atom. The SMILES string of the molecule is OC[C@@H]1O[C@@H](O[C@H]2[C@H](O)[C@@H](O)[C@@H]3OC[C@@H]2O3)[C@H](O)[C@@H](O)[C@@H]1O. The Balaban J connectivity index is 1.71. The van der Waals surface area contributed by atoms with Crippen molar-refractivity contribution in [3.8, 4) is 0 Å². The maximum atomic E-state index is 10.0.